The van der Waals surface area contributed by atoms with Gasteiger partial charge in [0.05, 0.1) is 6.04 Å². The van der Waals surface area contributed by atoms with Crippen LogP contribution in [0.2, 0.25) is 0 Å². The van der Waals surface area contributed by atoms with Crippen LogP contribution < -0.4 is 20.7 Å². The molecular weight excluding hydrogens is 572 g/mol. The van der Waals surface area contributed by atoms with Gasteiger partial charge in [-0.05, 0) is 60.1 Å². The molecular formula is C35H36N4O6. The zero-order chi connectivity index (χ0) is 31.3. The van der Waals surface area contributed by atoms with E-state index in [0.717, 1.165) is 35.1 Å². The smallest absolute Gasteiger partial charge is 0.289 e. The molecule has 3 aliphatic rings. The van der Waals surface area contributed by atoms with Crippen LogP contribution in [0.25, 0.3) is 11.1 Å². The summed E-state index contributed by atoms with van der Waals surface area (Å²) >= 11 is 0. The third-order valence-corrected chi connectivity index (χ3v) is 8.65. The van der Waals surface area contributed by atoms with Crippen molar-refractivity contribution >= 4 is 29.4 Å². The molecule has 1 saturated carbocycles. The Kier molecular flexibility index (Phi) is 8.91. The molecule has 0 unspecified atom stereocenters. The Balaban J connectivity index is 1.17. The van der Waals surface area contributed by atoms with Crippen LogP contribution in [-0.2, 0) is 36.9 Å². The van der Waals surface area contributed by atoms with Crippen LogP contribution in [0.1, 0.15) is 36.8 Å². The molecule has 232 valence electrons. The number of hydrogen-bond donors (Lipinski definition) is 3. The van der Waals surface area contributed by atoms with Crippen molar-refractivity contribution in [1.29, 1.82) is 0 Å². The zero-order valence-electron chi connectivity index (χ0n) is 24.9. The molecule has 3 atom stereocenters. The minimum absolute atomic E-state index is 0.00777. The minimum atomic E-state index is -1.20. The number of nitrogens with one attached hydrogen (secondary N) is 3. The van der Waals surface area contributed by atoms with Gasteiger partial charge in [0, 0.05) is 31.5 Å². The molecule has 10 heteroatoms. The van der Waals surface area contributed by atoms with E-state index in [1.54, 1.807) is 12.1 Å². The van der Waals surface area contributed by atoms with E-state index in [0.29, 0.717) is 18.7 Å². The number of carbonyl (C=O) groups excluding carboxylic acids is 5. The summed E-state index contributed by atoms with van der Waals surface area (Å²) in [6.07, 6.45) is 2.36. The van der Waals surface area contributed by atoms with Crippen LogP contribution in [0.3, 0.4) is 0 Å². The molecule has 3 N–H and O–H groups in total. The molecule has 2 aliphatic heterocycles. The van der Waals surface area contributed by atoms with Crippen molar-refractivity contribution in [2.75, 3.05) is 13.2 Å². The fraction of sp³-hybridized carbons (Fsp3) is 0.343. The normalized spacial score (nSPS) is 19.6. The Hall–Kier alpha value is -4.99. The van der Waals surface area contributed by atoms with Gasteiger partial charge >= 0.3 is 0 Å². The number of hydrogen-bond acceptors (Lipinski definition) is 6. The second kappa shape index (κ2) is 13.3. The molecule has 2 heterocycles. The SMILES string of the molecule is O=C(NC1CC1)C(=O)[C@H](C[C@@H]1CCNC1=O)NC(=O)[C@@H]1Cc2ccccc2CN1C(=O)COc1ccc(-c2ccccc2)cc1. The maximum absolute atomic E-state index is 13.9. The molecule has 0 bridgehead atoms. The van der Waals surface area contributed by atoms with Gasteiger partial charge in [-0.2, -0.15) is 0 Å². The van der Waals surface area contributed by atoms with Gasteiger partial charge in [-0.15, -0.1) is 0 Å². The average molecular weight is 609 g/mol. The van der Waals surface area contributed by atoms with Crippen LogP contribution in [0.5, 0.6) is 5.75 Å². The molecule has 6 rings (SSSR count). The van der Waals surface area contributed by atoms with Crippen molar-refractivity contribution in [3.8, 4) is 16.9 Å². The summed E-state index contributed by atoms with van der Waals surface area (Å²) in [5, 5.41) is 8.19. The van der Waals surface area contributed by atoms with Gasteiger partial charge in [-0.25, -0.2) is 0 Å². The van der Waals surface area contributed by atoms with E-state index in [1.165, 1.54) is 4.90 Å². The van der Waals surface area contributed by atoms with Crippen molar-refractivity contribution in [1.82, 2.24) is 20.9 Å². The highest BCUT2D eigenvalue weighted by molar-refractivity contribution is 6.38. The van der Waals surface area contributed by atoms with Gasteiger partial charge in [0.2, 0.25) is 17.6 Å². The topological polar surface area (TPSA) is 134 Å². The Morgan fingerprint density at radius 2 is 1.56 bits per heavy atom. The lowest BCUT2D eigenvalue weighted by atomic mass is 9.92. The van der Waals surface area contributed by atoms with Gasteiger partial charge in [0.15, 0.2) is 6.61 Å². The highest BCUT2D eigenvalue weighted by atomic mass is 16.5. The maximum atomic E-state index is 13.9. The zero-order valence-corrected chi connectivity index (χ0v) is 24.9. The summed E-state index contributed by atoms with van der Waals surface area (Å²) in [5.41, 5.74) is 3.92. The first-order chi connectivity index (χ1) is 21.9. The van der Waals surface area contributed by atoms with E-state index in [4.69, 9.17) is 4.74 Å². The maximum Gasteiger partial charge on any atom is 0.289 e. The van der Waals surface area contributed by atoms with E-state index >= 15 is 0 Å². The molecule has 10 nitrogen and oxygen atoms in total. The third-order valence-electron chi connectivity index (χ3n) is 8.65. The molecule has 0 aromatic heterocycles. The van der Waals surface area contributed by atoms with E-state index in [2.05, 4.69) is 16.0 Å². The van der Waals surface area contributed by atoms with Crippen LogP contribution in [0, 0.1) is 5.92 Å². The third kappa shape index (κ3) is 7.22. The van der Waals surface area contributed by atoms with E-state index in [-0.39, 0.29) is 43.8 Å². The van der Waals surface area contributed by atoms with Crippen molar-refractivity contribution in [3.63, 3.8) is 0 Å². The standard InChI is InChI=1S/C35H36N4O6/c40-31(21-45-28-14-10-23(11-15-28)22-6-2-1-3-7-22)39-20-26-9-5-4-8-24(26)19-30(39)34(43)38-29(18-25-16-17-36-33(25)42)32(41)35(44)37-27-12-13-27/h1-11,14-15,25,27,29-30H,12-13,16-21H2,(H,36,42)(H,37,44)(H,38,43)/t25-,29-,30-/m0/s1. The van der Waals surface area contributed by atoms with Crippen molar-refractivity contribution in [2.45, 2.75) is 56.8 Å². The molecule has 4 amide bonds. The van der Waals surface area contributed by atoms with Crippen molar-refractivity contribution in [2.24, 2.45) is 5.92 Å². The summed E-state index contributed by atoms with van der Waals surface area (Å²) in [7, 11) is 0. The van der Waals surface area contributed by atoms with Gasteiger partial charge in [-0.3, -0.25) is 24.0 Å². The number of fused-ring (bicyclic) bond motifs is 1. The quantitative estimate of drug-likeness (QED) is 0.287. The lowest BCUT2D eigenvalue weighted by Crippen LogP contribution is -2.57. The fourth-order valence-electron chi connectivity index (χ4n) is 5.92. The summed E-state index contributed by atoms with van der Waals surface area (Å²) in [5.74, 6) is -2.69. The summed E-state index contributed by atoms with van der Waals surface area (Å²) in [4.78, 5) is 67.2. The average Bonchev–Trinajstić information content (AvgIpc) is 3.80. The summed E-state index contributed by atoms with van der Waals surface area (Å²) < 4.78 is 5.85. The second-order valence-electron chi connectivity index (χ2n) is 11.9. The van der Waals surface area contributed by atoms with Crippen LogP contribution in [-0.4, -0.2) is 65.6 Å². The van der Waals surface area contributed by atoms with Crippen LogP contribution >= 0.6 is 0 Å². The molecule has 45 heavy (non-hydrogen) atoms. The number of nitrogens with zero attached hydrogens (tertiary/aromatic N) is 1. The van der Waals surface area contributed by atoms with Gasteiger partial charge in [0.25, 0.3) is 11.8 Å². The summed E-state index contributed by atoms with van der Waals surface area (Å²) in [6.45, 7) is 0.379. The second-order valence-corrected chi connectivity index (χ2v) is 11.9. The van der Waals surface area contributed by atoms with Crippen molar-refractivity contribution < 1.29 is 28.7 Å². The Morgan fingerprint density at radius 3 is 2.24 bits per heavy atom. The van der Waals surface area contributed by atoms with E-state index in [9.17, 15) is 24.0 Å². The van der Waals surface area contributed by atoms with Gasteiger partial charge < -0.3 is 25.6 Å². The highest BCUT2D eigenvalue weighted by Crippen LogP contribution is 2.26. The minimum Gasteiger partial charge on any atom is -0.484 e. The van der Waals surface area contributed by atoms with Crippen LogP contribution in [0.15, 0.2) is 78.9 Å². The molecule has 3 aromatic rings. The van der Waals surface area contributed by atoms with Gasteiger partial charge in [-0.1, -0.05) is 66.7 Å². The number of carbonyl (C=O) groups is 5. The first kappa shape index (κ1) is 30.1. The molecule has 2 fully saturated rings. The first-order valence-electron chi connectivity index (χ1n) is 15.4. The molecule has 1 saturated heterocycles. The number of rotatable bonds is 11. The Labute approximate surface area is 261 Å². The highest BCUT2D eigenvalue weighted by Gasteiger charge is 2.40. The Bertz CT molecular complexity index is 1590. The first-order valence-corrected chi connectivity index (χ1v) is 15.4. The van der Waals surface area contributed by atoms with Crippen molar-refractivity contribution in [3.05, 3.63) is 90.0 Å². The number of benzene rings is 3. The number of ether oxygens (including phenoxy) is 1. The molecule has 1 aliphatic carbocycles. The fourth-order valence-corrected chi connectivity index (χ4v) is 5.92. The molecule has 0 radical (unpaired) electrons. The van der Waals surface area contributed by atoms with E-state index < -0.39 is 35.6 Å². The predicted octanol–water partition coefficient (Wildman–Crippen LogP) is 2.54. The lowest BCUT2D eigenvalue weighted by molar-refractivity contribution is -0.145. The van der Waals surface area contributed by atoms with Gasteiger partial charge in [0.1, 0.15) is 11.8 Å². The predicted molar refractivity (Wildman–Crippen MR) is 166 cm³/mol. The van der Waals surface area contributed by atoms with Crippen LogP contribution in [0.4, 0.5) is 0 Å². The lowest BCUT2D eigenvalue weighted by Gasteiger charge is -2.36. The monoisotopic (exact) mass is 608 g/mol. The molecule has 0 spiro atoms. The summed E-state index contributed by atoms with van der Waals surface area (Å²) in [6, 6.07) is 22.8. The largest absolute Gasteiger partial charge is 0.484 e. The number of amides is 4. The molecule has 3 aromatic carbocycles. The number of ketones is 1. The van der Waals surface area contributed by atoms with E-state index in [1.807, 2.05) is 66.7 Å². The Morgan fingerprint density at radius 1 is 0.867 bits per heavy atom. The number of Topliss-reactive ketones (excluding diaryl/α,β-unsaturated/α-hetero) is 1.